The summed E-state index contributed by atoms with van der Waals surface area (Å²) in [5, 5.41) is 0.544. The van der Waals surface area contributed by atoms with Crippen molar-refractivity contribution in [2.24, 2.45) is 5.92 Å². The molecule has 1 atom stereocenters. The fraction of sp³-hybridized carbons (Fsp3) is 0.545. The van der Waals surface area contributed by atoms with Gasteiger partial charge in [-0.1, -0.05) is 12.1 Å². The second-order valence-electron chi connectivity index (χ2n) is 8.01. The lowest BCUT2D eigenvalue weighted by molar-refractivity contribution is -0.139. The summed E-state index contributed by atoms with van der Waals surface area (Å²) in [6, 6.07) is 7.18. The summed E-state index contributed by atoms with van der Waals surface area (Å²) in [5.41, 5.74) is 0.500. The third-order valence-corrected chi connectivity index (χ3v) is 5.93. The zero-order valence-corrected chi connectivity index (χ0v) is 17.2. The summed E-state index contributed by atoms with van der Waals surface area (Å²) in [6.45, 7) is 3.46. The van der Waals surface area contributed by atoms with Crippen molar-refractivity contribution < 1.29 is 14.3 Å². The number of rotatable bonds is 4. The summed E-state index contributed by atoms with van der Waals surface area (Å²) in [7, 11) is 0. The number of benzene rings is 1. The van der Waals surface area contributed by atoms with E-state index in [1.807, 2.05) is 11.0 Å². The van der Waals surface area contributed by atoms with Crippen molar-refractivity contribution in [2.45, 2.75) is 32.2 Å². The van der Waals surface area contributed by atoms with E-state index in [4.69, 9.17) is 4.74 Å². The molecule has 2 aromatic rings. The van der Waals surface area contributed by atoms with Gasteiger partial charge in [0.2, 0.25) is 11.8 Å². The number of hydrogen-bond donors (Lipinski definition) is 0. The predicted molar refractivity (Wildman–Crippen MR) is 112 cm³/mol. The Morgan fingerprint density at radius 3 is 2.70 bits per heavy atom. The third kappa shape index (κ3) is 4.53. The molecule has 0 radical (unpaired) electrons. The van der Waals surface area contributed by atoms with Gasteiger partial charge in [0.15, 0.2) is 0 Å². The van der Waals surface area contributed by atoms with Gasteiger partial charge in [0, 0.05) is 39.1 Å². The smallest absolute Gasteiger partial charge is 0.261 e. The van der Waals surface area contributed by atoms with E-state index in [9.17, 15) is 14.4 Å². The zero-order valence-electron chi connectivity index (χ0n) is 17.2. The van der Waals surface area contributed by atoms with Crippen LogP contribution in [0, 0.1) is 5.92 Å². The van der Waals surface area contributed by atoms with E-state index < -0.39 is 0 Å². The lowest BCUT2D eigenvalue weighted by Gasteiger charge is -2.31. The Bertz CT molecular complexity index is 967. The minimum absolute atomic E-state index is 0.0722. The number of carbonyl (C=O) groups excluding carboxylic acids is 2. The van der Waals surface area contributed by atoms with Crippen molar-refractivity contribution in [2.75, 3.05) is 39.4 Å². The maximum absolute atomic E-state index is 12.9. The standard InChI is InChI=1S/C22H28N4O4/c27-20(8-11-26-16-23-19-7-3-2-6-18(19)22(26)29)25-12-13-30-15-17(14-25)21(28)24-9-4-1-5-10-24/h2-3,6-7,16-17H,1,4-5,8-15H2. The lowest BCUT2D eigenvalue weighted by Crippen LogP contribution is -2.45. The van der Waals surface area contributed by atoms with Gasteiger partial charge in [-0.25, -0.2) is 4.98 Å². The molecule has 8 nitrogen and oxygen atoms in total. The Labute approximate surface area is 175 Å². The highest BCUT2D eigenvalue weighted by Crippen LogP contribution is 2.16. The number of piperidine rings is 1. The minimum Gasteiger partial charge on any atom is -0.379 e. The van der Waals surface area contributed by atoms with Crippen molar-refractivity contribution in [1.29, 1.82) is 0 Å². The molecule has 2 aliphatic heterocycles. The molecule has 1 aromatic heterocycles. The molecule has 1 aromatic carbocycles. The van der Waals surface area contributed by atoms with Crippen LogP contribution in [0.15, 0.2) is 35.4 Å². The topological polar surface area (TPSA) is 84.7 Å². The van der Waals surface area contributed by atoms with Crippen LogP contribution in [-0.4, -0.2) is 70.6 Å². The van der Waals surface area contributed by atoms with Crippen LogP contribution in [0.3, 0.4) is 0 Å². The van der Waals surface area contributed by atoms with E-state index in [0.717, 1.165) is 25.9 Å². The summed E-state index contributed by atoms with van der Waals surface area (Å²) < 4.78 is 7.10. The molecule has 30 heavy (non-hydrogen) atoms. The number of ether oxygens (including phenoxy) is 1. The van der Waals surface area contributed by atoms with Crippen LogP contribution in [0.25, 0.3) is 10.9 Å². The number of likely N-dealkylation sites (tertiary alicyclic amines) is 1. The number of nitrogens with zero attached hydrogens (tertiary/aromatic N) is 4. The summed E-state index contributed by atoms with van der Waals surface area (Å²) in [5.74, 6) is -0.305. The number of carbonyl (C=O) groups is 2. The van der Waals surface area contributed by atoms with Gasteiger partial charge in [0.05, 0.1) is 36.4 Å². The third-order valence-electron chi connectivity index (χ3n) is 5.93. The minimum atomic E-state index is -0.320. The van der Waals surface area contributed by atoms with Crippen LogP contribution in [0.2, 0.25) is 0 Å². The molecule has 2 saturated heterocycles. The van der Waals surface area contributed by atoms with E-state index in [2.05, 4.69) is 4.98 Å². The quantitative estimate of drug-likeness (QED) is 0.755. The molecule has 3 heterocycles. The number of para-hydroxylation sites is 1. The first-order chi connectivity index (χ1) is 14.6. The van der Waals surface area contributed by atoms with Crippen molar-refractivity contribution in [3.05, 3.63) is 40.9 Å². The van der Waals surface area contributed by atoms with Crippen molar-refractivity contribution in [3.8, 4) is 0 Å². The van der Waals surface area contributed by atoms with Crippen LogP contribution < -0.4 is 5.56 Å². The maximum Gasteiger partial charge on any atom is 0.261 e. The maximum atomic E-state index is 12.9. The van der Waals surface area contributed by atoms with Gasteiger partial charge in [0.25, 0.3) is 5.56 Å². The van der Waals surface area contributed by atoms with E-state index in [0.29, 0.717) is 37.2 Å². The Hall–Kier alpha value is -2.74. The number of amides is 2. The largest absolute Gasteiger partial charge is 0.379 e. The van der Waals surface area contributed by atoms with Crippen LogP contribution in [-0.2, 0) is 20.9 Å². The fourth-order valence-electron chi connectivity index (χ4n) is 4.20. The molecule has 8 heteroatoms. The monoisotopic (exact) mass is 412 g/mol. The second-order valence-corrected chi connectivity index (χ2v) is 8.01. The Morgan fingerprint density at radius 2 is 1.87 bits per heavy atom. The molecule has 0 bridgehead atoms. The molecular weight excluding hydrogens is 384 g/mol. The molecule has 2 aliphatic rings. The number of fused-ring (bicyclic) bond motifs is 1. The number of hydrogen-bond acceptors (Lipinski definition) is 5. The lowest BCUT2D eigenvalue weighted by atomic mass is 10.1. The molecule has 0 N–H and O–H groups in total. The van der Waals surface area contributed by atoms with Gasteiger partial charge in [-0.15, -0.1) is 0 Å². The molecule has 160 valence electrons. The van der Waals surface area contributed by atoms with Gasteiger partial charge < -0.3 is 14.5 Å². The molecule has 2 amide bonds. The fourth-order valence-corrected chi connectivity index (χ4v) is 4.20. The van der Waals surface area contributed by atoms with Crippen LogP contribution >= 0.6 is 0 Å². The van der Waals surface area contributed by atoms with Gasteiger partial charge in [0.1, 0.15) is 0 Å². The van der Waals surface area contributed by atoms with Crippen molar-refractivity contribution >= 4 is 22.7 Å². The zero-order chi connectivity index (χ0) is 20.9. The molecule has 0 aliphatic carbocycles. The Morgan fingerprint density at radius 1 is 1.07 bits per heavy atom. The van der Waals surface area contributed by atoms with E-state index in [1.54, 1.807) is 23.1 Å². The molecular formula is C22H28N4O4. The summed E-state index contributed by atoms with van der Waals surface area (Å²) >= 11 is 0. The van der Waals surface area contributed by atoms with Crippen LogP contribution in [0.1, 0.15) is 25.7 Å². The second kappa shape index (κ2) is 9.38. The highest BCUT2D eigenvalue weighted by Gasteiger charge is 2.31. The average Bonchev–Trinajstić information content (AvgIpc) is 3.05. The summed E-state index contributed by atoms with van der Waals surface area (Å²) in [6.07, 6.45) is 4.92. The number of aromatic nitrogens is 2. The van der Waals surface area contributed by atoms with E-state index >= 15 is 0 Å². The number of aryl methyl sites for hydroxylation is 1. The van der Waals surface area contributed by atoms with Gasteiger partial charge >= 0.3 is 0 Å². The average molecular weight is 412 g/mol. The normalized spacial score (nSPS) is 20.2. The van der Waals surface area contributed by atoms with Crippen LogP contribution in [0.4, 0.5) is 0 Å². The molecule has 0 spiro atoms. The Balaban J connectivity index is 1.39. The molecule has 1 unspecified atom stereocenters. The van der Waals surface area contributed by atoms with Crippen LogP contribution in [0.5, 0.6) is 0 Å². The highest BCUT2D eigenvalue weighted by atomic mass is 16.5. The molecule has 4 rings (SSSR count). The van der Waals surface area contributed by atoms with E-state index in [1.165, 1.54) is 17.3 Å². The van der Waals surface area contributed by atoms with Crippen molar-refractivity contribution in [1.82, 2.24) is 19.4 Å². The van der Waals surface area contributed by atoms with Gasteiger partial charge in [-0.05, 0) is 31.4 Å². The SMILES string of the molecule is O=C(CCn1cnc2ccccc2c1=O)N1CCOCC(C(=O)N2CCCCC2)C1. The molecule has 2 fully saturated rings. The van der Waals surface area contributed by atoms with E-state index in [-0.39, 0.29) is 36.3 Å². The summed E-state index contributed by atoms with van der Waals surface area (Å²) in [4.78, 5) is 46.3. The molecule has 0 saturated carbocycles. The van der Waals surface area contributed by atoms with Gasteiger partial charge in [-0.3, -0.25) is 19.0 Å². The Kier molecular flexibility index (Phi) is 6.42. The van der Waals surface area contributed by atoms with Crippen molar-refractivity contribution in [3.63, 3.8) is 0 Å². The highest BCUT2D eigenvalue weighted by molar-refractivity contribution is 5.81. The predicted octanol–water partition coefficient (Wildman–Crippen LogP) is 1.27. The first-order valence-corrected chi connectivity index (χ1v) is 10.7. The first-order valence-electron chi connectivity index (χ1n) is 10.7. The first kappa shape index (κ1) is 20.5. The van der Waals surface area contributed by atoms with Gasteiger partial charge in [-0.2, -0.15) is 0 Å².